The molecule has 1 saturated carbocycles. The van der Waals surface area contributed by atoms with Gasteiger partial charge in [-0.3, -0.25) is 0 Å². The van der Waals surface area contributed by atoms with E-state index >= 15 is 0 Å². The van der Waals surface area contributed by atoms with Crippen molar-refractivity contribution in [1.29, 1.82) is 0 Å². The van der Waals surface area contributed by atoms with Gasteiger partial charge in [0.2, 0.25) is 0 Å². The highest BCUT2D eigenvalue weighted by Gasteiger charge is 2.05. The first-order valence-electron chi connectivity index (χ1n) is 5.28. The van der Waals surface area contributed by atoms with Crippen LogP contribution in [-0.4, -0.2) is 10.7 Å². The van der Waals surface area contributed by atoms with Crippen molar-refractivity contribution in [2.45, 2.75) is 71.3 Å². The molecule has 0 saturated heterocycles. The fraction of sp³-hybridized carbons (Fsp3) is 1.00. The molecule has 1 nitrogen and oxygen atoms in total. The summed E-state index contributed by atoms with van der Waals surface area (Å²) in [7, 11) is 0. The number of aliphatic hydroxyl groups is 1. The maximum atomic E-state index is 8.83. The Labute approximate surface area is 77.2 Å². The number of rotatable bonds is 1. The third-order valence-corrected chi connectivity index (χ3v) is 2.37. The van der Waals surface area contributed by atoms with Crippen LogP contribution in [0.25, 0.3) is 0 Å². The fourth-order valence-electron chi connectivity index (χ4n) is 1.06. The smallest absolute Gasteiger partial charge is 0.0589 e. The minimum atomic E-state index is -0.458. The Morgan fingerprint density at radius 3 is 1.17 bits per heavy atom. The van der Waals surface area contributed by atoms with Crippen LogP contribution in [0, 0.1) is 0 Å². The molecule has 1 aliphatic carbocycles. The highest BCUT2D eigenvalue weighted by molar-refractivity contribution is 4.59. The van der Waals surface area contributed by atoms with E-state index in [0.717, 1.165) is 6.42 Å². The summed E-state index contributed by atoms with van der Waals surface area (Å²) in [6, 6.07) is 0. The molecule has 0 bridgehead atoms. The van der Waals surface area contributed by atoms with Gasteiger partial charge in [0.1, 0.15) is 0 Å². The normalized spacial score (nSPS) is 18.0. The highest BCUT2D eigenvalue weighted by Crippen LogP contribution is 2.15. The molecule has 0 amide bonds. The van der Waals surface area contributed by atoms with Gasteiger partial charge in [0.05, 0.1) is 5.60 Å². The van der Waals surface area contributed by atoms with Crippen LogP contribution >= 0.6 is 0 Å². The highest BCUT2D eigenvalue weighted by atomic mass is 16.3. The zero-order chi connectivity index (χ0) is 9.45. The Morgan fingerprint density at radius 1 is 0.917 bits per heavy atom. The first-order valence-corrected chi connectivity index (χ1v) is 5.28. The van der Waals surface area contributed by atoms with Gasteiger partial charge in [-0.15, -0.1) is 0 Å². The van der Waals surface area contributed by atoms with Gasteiger partial charge in [-0.1, -0.05) is 45.4 Å². The lowest BCUT2D eigenvalue weighted by Crippen LogP contribution is -2.15. The van der Waals surface area contributed by atoms with Crippen molar-refractivity contribution in [3.8, 4) is 0 Å². The monoisotopic (exact) mass is 172 g/mol. The molecule has 1 rings (SSSR count). The van der Waals surface area contributed by atoms with Crippen LogP contribution in [-0.2, 0) is 0 Å². The topological polar surface area (TPSA) is 20.2 Å². The molecule has 0 aromatic heterocycles. The van der Waals surface area contributed by atoms with Crippen molar-refractivity contribution < 1.29 is 5.11 Å². The predicted molar refractivity (Wildman–Crippen MR) is 54.3 cm³/mol. The molecule has 0 atom stereocenters. The zero-order valence-corrected chi connectivity index (χ0v) is 8.90. The van der Waals surface area contributed by atoms with E-state index in [1.807, 2.05) is 6.92 Å². The average Bonchev–Trinajstić information content (AvgIpc) is 2.07. The predicted octanol–water partition coefficient (Wildman–Crippen LogP) is 3.51. The van der Waals surface area contributed by atoms with Gasteiger partial charge < -0.3 is 5.11 Å². The summed E-state index contributed by atoms with van der Waals surface area (Å²) >= 11 is 0. The minimum Gasteiger partial charge on any atom is -0.390 e. The molecule has 1 N–H and O–H groups in total. The Bertz CT molecular complexity index is 76.2. The van der Waals surface area contributed by atoms with Crippen molar-refractivity contribution in [2.24, 2.45) is 0 Å². The molecule has 0 heterocycles. The van der Waals surface area contributed by atoms with Crippen LogP contribution in [0.1, 0.15) is 65.7 Å². The molecule has 0 spiro atoms. The van der Waals surface area contributed by atoms with Crippen LogP contribution in [0.5, 0.6) is 0 Å². The molecule has 0 aliphatic heterocycles. The van der Waals surface area contributed by atoms with Crippen molar-refractivity contribution in [1.82, 2.24) is 0 Å². The third-order valence-electron chi connectivity index (χ3n) is 2.37. The van der Waals surface area contributed by atoms with E-state index in [9.17, 15) is 0 Å². The maximum Gasteiger partial charge on any atom is 0.0589 e. The van der Waals surface area contributed by atoms with Crippen LogP contribution in [0.4, 0.5) is 0 Å². The van der Waals surface area contributed by atoms with Crippen LogP contribution in [0.15, 0.2) is 0 Å². The minimum absolute atomic E-state index is 0.458. The molecular weight excluding hydrogens is 148 g/mol. The molecule has 12 heavy (non-hydrogen) atoms. The summed E-state index contributed by atoms with van der Waals surface area (Å²) in [5, 5.41) is 8.83. The average molecular weight is 172 g/mol. The van der Waals surface area contributed by atoms with Gasteiger partial charge in [0.15, 0.2) is 0 Å². The SMILES string of the molecule is C1CCCCC1.CCC(C)(C)O. The summed E-state index contributed by atoms with van der Waals surface area (Å²) in [5.74, 6) is 0. The first-order chi connectivity index (χ1) is 5.56. The molecule has 74 valence electrons. The summed E-state index contributed by atoms with van der Waals surface area (Å²) in [5.41, 5.74) is -0.458. The van der Waals surface area contributed by atoms with Gasteiger partial charge in [-0.2, -0.15) is 0 Å². The Hall–Kier alpha value is -0.0400. The number of hydrogen-bond donors (Lipinski definition) is 1. The summed E-state index contributed by atoms with van der Waals surface area (Å²) in [6.45, 7) is 5.56. The van der Waals surface area contributed by atoms with Crippen molar-refractivity contribution in [3.05, 3.63) is 0 Å². The largest absolute Gasteiger partial charge is 0.390 e. The fourth-order valence-corrected chi connectivity index (χ4v) is 1.06. The van der Waals surface area contributed by atoms with Crippen LogP contribution in [0.2, 0.25) is 0 Å². The molecule has 0 aromatic rings. The van der Waals surface area contributed by atoms with Gasteiger partial charge in [0.25, 0.3) is 0 Å². The second-order valence-corrected chi connectivity index (χ2v) is 4.29. The standard InChI is InChI=1S/C6H12.C5H12O/c1-2-4-6-5-3-1;1-4-5(2,3)6/h1-6H2;6H,4H2,1-3H3. The molecule has 1 fully saturated rings. The second kappa shape index (κ2) is 6.47. The second-order valence-electron chi connectivity index (χ2n) is 4.29. The lowest BCUT2D eigenvalue weighted by Gasteiger charge is -2.11. The maximum absolute atomic E-state index is 8.83. The van der Waals surface area contributed by atoms with E-state index in [4.69, 9.17) is 5.11 Å². The lowest BCUT2D eigenvalue weighted by atomic mass is 10.0. The van der Waals surface area contributed by atoms with Crippen LogP contribution < -0.4 is 0 Å². The summed E-state index contributed by atoms with van der Waals surface area (Å²) < 4.78 is 0. The quantitative estimate of drug-likeness (QED) is 0.641. The van der Waals surface area contributed by atoms with Crippen molar-refractivity contribution in [2.75, 3.05) is 0 Å². The van der Waals surface area contributed by atoms with Gasteiger partial charge >= 0.3 is 0 Å². The third kappa shape index (κ3) is 9.96. The van der Waals surface area contributed by atoms with Crippen LogP contribution in [0.3, 0.4) is 0 Å². The lowest BCUT2D eigenvalue weighted by molar-refractivity contribution is 0.0765. The van der Waals surface area contributed by atoms with Crippen molar-refractivity contribution in [3.63, 3.8) is 0 Å². The van der Waals surface area contributed by atoms with E-state index < -0.39 is 5.60 Å². The summed E-state index contributed by atoms with van der Waals surface area (Å²) in [4.78, 5) is 0. The first kappa shape index (κ1) is 12.0. The molecular formula is C11H24O. The zero-order valence-electron chi connectivity index (χ0n) is 8.90. The van der Waals surface area contributed by atoms with Gasteiger partial charge in [-0.05, 0) is 20.3 Å². The summed E-state index contributed by atoms with van der Waals surface area (Å²) in [6.07, 6.45) is 9.83. The number of hydrogen-bond acceptors (Lipinski definition) is 1. The molecule has 0 radical (unpaired) electrons. The van der Waals surface area contributed by atoms with Gasteiger partial charge in [0, 0.05) is 0 Å². The van der Waals surface area contributed by atoms with E-state index in [0.29, 0.717) is 0 Å². The Morgan fingerprint density at radius 2 is 1.08 bits per heavy atom. The molecule has 1 heteroatoms. The Kier molecular flexibility index (Phi) is 6.45. The molecule has 0 aromatic carbocycles. The Balaban J connectivity index is 0.000000202. The van der Waals surface area contributed by atoms with E-state index in [1.54, 1.807) is 13.8 Å². The van der Waals surface area contributed by atoms with E-state index in [2.05, 4.69) is 0 Å². The van der Waals surface area contributed by atoms with E-state index in [-0.39, 0.29) is 0 Å². The molecule has 0 unspecified atom stereocenters. The molecule has 1 aliphatic rings. The van der Waals surface area contributed by atoms with E-state index in [1.165, 1.54) is 38.5 Å². The van der Waals surface area contributed by atoms with Crippen molar-refractivity contribution >= 4 is 0 Å². The van der Waals surface area contributed by atoms with Gasteiger partial charge in [-0.25, -0.2) is 0 Å².